The molecule has 0 spiro atoms. The molecule has 0 saturated heterocycles. The third-order valence-electron chi connectivity index (χ3n) is 3.56. The summed E-state index contributed by atoms with van der Waals surface area (Å²) in [5, 5.41) is 8.22. The molecule has 25 heavy (non-hydrogen) atoms. The van der Waals surface area contributed by atoms with E-state index in [0.29, 0.717) is 18.5 Å². The Bertz CT molecular complexity index is 720. The van der Waals surface area contributed by atoms with Crippen molar-refractivity contribution in [2.75, 3.05) is 24.2 Å². The van der Waals surface area contributed by atoms with Crippen molar-refractivity contribution in [3.63, 3.8) is 0 Å². The number of anilines is 2. The minimum atomic E-state index is -0.547. The smallest absolute Gasteiger partial charge is 0.228 e. The highest BCUT2D eigenvalue weighted by atomic mass is 19.1. The number of halogens is 1. The summed E-state index contributed by atoms with van der Waals surface area (Å²) in [5.41, 5.74) is 1.34. The summed E-state index contributed by atoms with van der Waals surface area (Å²) in [6, 6.07) is 13.3. The molecule has 2 rings (SSSR count). The molecule has 2 aromatic rings. The van der Waals surface area contributed by atoms with E-state index in [1.807, 2.05) is 37.4 Å². The molecule has 2 aromatic carbocycles. The highest BCUT2D eigenvalue weighted by Gasteiger charge is 2.10. The normalized spacial score (nSPS) is 10.3. The van der Waals surface area contributed by atoms with Gasteiger partial charge in [-0.1, -0.05) is 30.3 Å². The maximum atomic E-state index is 13.9. The molecule has 0 fully saturated rings. The minimum Gasteiger partial charge on any atom is -0.326 e. The second kappa shape index (κ2) is 9.54. The van der Waals surface area contributed by atoms with E-state index in [9.17, 15) is 14.0 Å². The lowest BCUT2D eigenvalue weighted by molar-refractivity contribution is -0.116. The second-order valence-electron chi connectivity index (χ2n) is 5.66. The lowest BCUT2D eigenvalue weighted by Gasteiger charge is -2.10. The predicted octanol–water partition coefficient (Wildman–Crippen LogP) is 2.95. The first-order chi connectivity index (χ1) is 12.1. The Morgan fingerprint density at radius 3 is 2.48 bits per heavy atom. The van der Waals surface area contributed by atoms with E-state index in [4.69, 9.17) is 0 Å². The fourth-order valence-electron chi connectivity index (χ4n) is 2.32. The van der Waals surface area contributed by atoms with Crippen LogP contribution in [0.4, 0.5) is 15.8 Å². The zero-order valence-corrected chi connectivity index (χ0v) is 14.1. The molecule has 3 N–H and O–H groups in total. The highest BCUT2D eigenvalue weighted by Crippen LogP contribution is 2.20. The van der Waals surface area contributed by atoms with E-state index in [-0.39, 0.29) is 23.9 Å². The van der Waals surface area contributed by atoms with Crippen LogP contribution in [0.3, 0.4) is 0 Å². The molecule has 6 heteroatoms. The van der Waals surface area contributed by atoms with Crippen LogP contribution in [0, 0.1) is 5.82 Å². The Morgan fingerprint density at radius 1 is 1.00 bits per heavy atom. The number of carbonyl (C=O) groups is 2. The van der Waals surface area contributed by atoms with Gasteiger partial charge in [-0.15, -0.1) is 0 Å². The van der Waals surface area contributed by atoms with Gasteiger partial charge in [0, 0.05) is 12.1 Å². The average Bonchev–Trinajstić information content (AvgIpc) is 2.59. The SMILES string of the molecule is CNCCCC(=O)Nc1ccc(F)c(NC(=O)Cc2ccccc2)c1. The molecule has 0 bridgehead atoms. The van der Waals surface area contributed by atoms with E-state index < -0.39 is 5.82 Å². The van der Waals surface area contributed by atoms with Crippen LogP contribution in [0.25, 0.3) is 0 Å². The number of hydrogen-bond acceptors (Lipinski definition) is 3. The fourth-order valence-corrected chi connectivity index (χ4v) is 2.32. The monoisotopic (exact) mass is 343 g/mol. The van der Waals surface area contributed by atoms with Crippen LogP contribution in [0.1, 0.15) is 18.4 Å². The Kier molecular flexibility index (Phi) is 7.10. The van der Waals surface area contributed by atoms with Gasteiger partial charge in [-0.2, -0.15) is 0 Å². The van der Waals surface area contributed by atoms with E-state index >= 15 is 0 Å². The van der Waals surface area contributed by atoms with Crippen LogP contribution in [-0.2, 0) is 16.0 Å². The van der Waals surface area contributed by atoms with Crippen molar-refractivity contribution in [3.05, 3.63) is 59.9 Å². The van der Waals surface area contributed by atoms with Crippen molar-refractivity contribution in [1.82, 2.24) is 5.32 Å². The summed E-state index contributed by atoms with van der Waals surface area (Å²) >= 11 is 0. The van der Waals surface area contributed by atoms with E-state index in [2.05, 4.69) is 16.0 Å². The maximum absolute atomic E-state index is 13.9. The van der Waals surface area contributed by atoms with Gasteiger partial charge in [0.1, 0.15) is 5.82 Å². The molecule has 0 heterocycles. The van der Waals surface area contributed by atoms with Gasteiger partial charge in [0.05, 0.1) is 12.1 Å². The number of carbonyl (C=O) groups excluding carboxylic acids is 2. The van der Waals surface area contributed by atoms with Crippen LogP contribution in [0.5, 0.6) is 0 Å². The first kappa shape index (κ1) is 18.6. The van der Waals surface area contributed by atoms with Gasteiger partial charge in [0.2, 0.25) is 11.8 Å². The van der Waals surface area contributed by atoms with Crippen LogP contribution in [0.2, 0.25) is 0 Å². The Labute approximate surface area is 146 Å². The third kappa shape index (κ3) is 6.35. The Hall–Kier alpha value is -2.73. The predicted molar refractivity (Wildman–Crippen MR) is 97.0 cm³/mol. The number of rotatable bonds is 8. The first-order valence-electron chi connectivity index (χ1n) is 8.16. The maximum Gasteiger partial charge on any atom is 0.228 e. The van der Waals surface area contributed by atoms with Crippen molar-refractivity contribution in [2.24, 2.45) is 0 Å². The molecule has 0 atom stereocenters. The van der Waals surface area contributed by atoms with E-state index in [0.717, 1.165) is 12.1 Å². The summed E-state index contributed by atoms with van der Waals surface area (Å²) in [7, 11) is 1.82. The Balaban J connectivity index is 1.96. The summed E-state index contributed by atoms with van der Waals surface area (Å²) < 4.78 is 13.9. The van der Waals surface area contributed by atoms with Crippen molar-refractivity contribution >= 4 is 23.2 Å². The zero-order valence-electron chi connectivity index (χ0n) is 14.1. The van der Waals surface area contributed by atoms with Crippen molar-refractivity contribution < 1.29 is 14.0 Å². The first-order valence-corrected chi connectivity index (χ1v) is 8.16. The number of hydrogen-bond donors (Lipinski definition) is 3. The van der Waals surface area contributed by atoms with Crippen molar-refractivity contribution in [2.45, 2.75) is 19.3 Å². The molecule has 2 amide bonds. The summed E-state index contributed by atoms with van der Waals surface area (Å²) in [5.74, 6) is -1.01. The molecule has 5 nitrogen and oxygen atoms in total. The van der Waals surface area contributed by atoms with Gasteiger partial charge in [0.15, 0.2) is 0 Å². The molecule has 132 valence electrons. The molecule has 0 aliphatic carbocycles. The largest absolute Gasteiger partial charge is 0.326 e. The van der Waals surface area contributed by atoms with E-state index in [1.165, 1.54) is 18.2 Å². The van der Waals surface area contributed by atoms with Gasteiger partial charge in [-0.3, -0.25) is 9.59 Å². The molecule has 0 radical (unpaired) electrons. The minimum absolute atomic E-state index is 0.0500. The fraction of sp³-hybridized carbons (Fsp3) is 0.263. The average molecular weight is 343 g/mol. The summed E-state index contributed by atoms with van der Waals surface area (Å²) in [6.45, 7) is 0.748. The zero-order chi connectivity index (χ0) is 18.1. The van der Waals surface area contributed by atoms with Gasteiger partial charge < -0.3 is 16.0 Å². The summed E-state index contributed by atoms with van der Waals surface area (Å²) in [6.07, 6.45) is 1.24. The van der Waals surface area contributed by atoms with E-state index in [1.54, 1.807) is 0 Å². The van der Waals surface area contributed by atoms with Crippen molar-refractivity contribution in [1.29, 1.82) is 0 Å². The molecule has 0 unspecified atom stereocenters. The summed E-state index contributed by atoms with van der Waals surface area (Å²) in [4.78, 5) is 23.9. The van der Waals surface area contributed by atoms with Gasteiger partial charge >= 0.3 is 0 Å². The third-order valence-corrected chi connectivity index (χ3v) is 3.56. The number of nitrogens with one attached hydrogen (secondary N) is 3. The topological polar surface area (TPSA) is 70.2 Å². The molecule has 0 aliphatic heterocycles. The number of amides is 2. The molecular formula is C19H22FN3O2. The number of benzene rings is 2. The van der Waals surface area contributed by atoms with Gasteiger partial charge in [-0.05, 0) is 43.8 Å². The van der Waals surface area contributed by atoms with Crippen LogP contribution in [0.15, 0.2) is 48.5 Å². The van der Waals surface area contributed by atoms with Crippen LogP contribution in [-0.4, -0.2) is 25.4 Å². The van der Waals surface area contributed by atoms with Crippen LogP contribution >= 0.6 is 0 Å². The van der Waals surface area contributed by atoms with Gasteiger partial charge in [0.25, 0.3) is 0 Å². The van der Waals surface area contributed by atoms with Crippen molar-refractivity contribution in [3.8, 4) is 0 Å². The van der Waals surface area contributed by atoms with Crippen LogP contribution < -0.4 is 16.0 Å². The second-order valence-corrected chi connectivity index (χ2v) is 5.66. The molecule has 0 saturated carbocycles. The lowest BCUT2D eigenvalue weighted by atomic mass is 10.1. The lowest BCUT2D eigenvalue weighted by Crippen LogP contribution is -2.17. The van der Waals surface area contributed by atoms with Gasteiger partial charge in [-0.25, -0.2) is 4.39 Å². The standard InChI is InChI=1S/C19H22FN3O2/c1-21-11-5-8-18(24)22-15-9-10-16(20)17(13-15)23-19(25)12-14-6-3-2-4-7-14/h2-4,6-7,9-10,13,21H,5,8,11-12H2,1H3,(H,22,24)(H,23,25). The molecule has 0 aromatic heterocycles. The quantitative estimate of drug-likeness (QED) is 0.646. The highest BCUT2D eigenvalue weighted by molar-refractivity contribution is 5.95. The Morgan fingerprint density at radius 2 is 1.76 bits per heavy atom. The molecule has 0 aliphatic rings. The molecular weight excluding hydrogens is 321 g/mol.